The third-order valence-electron chi connectivity index (χ3n) is 5.31. The fraction of sp³-hybridized carbons (Fsp3) is 0.273. The minimum atomic E-state index is -3.57. The van der Waals surface area contributed by atoms with E-state index in [9.17, 15) is 13.2 Å². The second-order valence-electron chi connectivity index (χ2n) is 7.39. The smallest absolute Gasteiger partial charge is 0.245 e. The molecular formula is C22H21N5O3S3. The zero-order valence-electron chi connectivity index (χ0n) is 17.8. The molecule has 8 nitrogen and oxygen atoms in total. The van der Waals surface area contributed by atoms with Gasteiger partial charge in [-0.25, -0.2) is 8.42 Å². The van der Waals surface area contributed by atoms with Crippen molar-refractivity contribution in [2.45, 2.75) is 36.0 Å². The lowest BCUT2D eigenvalue weighted by Crippen LogP contribution is -2.51. The number of rotatable bonds is 7. The first-order valence-corrected chi connectivity index (χ1v) is 13.6. The number of sulfonamides is 1. The number of hydrogen-bond donors (Lipinski definition) is 1. The van der Waals surface area contributed by atoms with Crippen LogP contribution in [-0.4, -0.2) is 40.6 Å². The normalized spacial score (nSPS) is 16.1. The molecule has 33 heavy (non-hydrogen) atoms. The number of anilines is 1. The largest absolute Gasteiger partial charge is 0.299 e. The minimum Gasteiger partial charge on any atom is -0.299 e. The van der Waals surface area contributed by atoms with Crippen LogP contribution in [0.2, 0.25) is 0 Å². The molecule has 0 fully saturated rings. The van der Waals surface area contributed by atoms with E-state index in [4.69, 9.17) is 5.26 Å². The molecule has 1 aliphatic heterocycles. The number of nitriles is 1. The number of nitrogens with one attached hydrogen (secondary N) is 1. The van der Waals surface area contributed by atoms with Crippen LogP contribution in [-0.2, 0) is 33.5 Å². The molecule has 3 aromatic rings. The van der Waals surface area contributed by atoms with Gasteiger partial charge >= 0.3 is 0 Å². The molecule has 170 valence electrons. The van der Waals surface area contributed by atoms with Crippen molar-refractivity contribution < 1.29 is 13.2 Å². The molecule has 1 aliphatic rings. The van der Waals surface area contributed by atoms with Gasteiger partial charge in [0, 0.05) is 12.3 Å². The summed E-state index contributed by atoms with van der Waals surface area (Å²) in [5.74, 6) is 0.158. The Morgan fingerprint density at radius 3 is 2.64 bits per heavy atom. The van der Waals surface area contributed by atoms with E-state index in [1.54, 1.807) is 19.1 Å². The number of benzene rings is 2. The summed E-state index contributed by atoms with van der Waals surface area (Å²) in [7, 11) is -3.57. The van der Waals surface area contributed by atoms with Crippen LogP contribution < -0.4 is 5.32 Å². The average molecular weight is 500 g/mol. The van der Waals surface area contributed by atoms with E-state index < -0.39 is 22.0 Å². The Labute approximate surface area is 200 Å². The van der Waals surface area contributed by atoms with Gasteiger partial charge in [0.05, 0.1) is 17.4 Å². The molecule has 0 aliphatic carbocycles. The third kappa shape index (κ3) is 5.42. The number of carbonyl (C=O) groups is 1. The maximum Gasteiger partial charge on any atom is 0.245 e. The first-order chi connectivity index (χ1) is 15.9. The minimum absolute atomic E-state index is 0.0755. The van der Waals surface area contributed by atoms with Gasteiger partial charge in [-0.1, -0.05) is 59.5 Å². The fourth-order valence-corrected chi connectivity index (χ4v) is 6.44. The molecule has 1 amide bonds. The molecule has 0 saturated heterocycles. The lowest BCUT2D eigenvalue weighted by atomic mass is 9.95. The highest BCUT2D eigenvalue weighted by atomic mass is 32.2. The Balaban J connectivity index is 1.44. The lowest BCUT2D eigenvalue weighted by molar-refractivity contribution is -0.120. The van der Waals surface area contributed by atoms with Crippen molar-refractivity contribution in [1.29, 1.82) is 5.26 Å². The van der Waals surface area contributed by atoms with Crippen molar-refractivity contribution in [3.05, 3.63) is 70.8 Å². The predicted molar refractivity (Wildman–Crippen MR) is 128 cm³/mol. The molecule has 0 spiro atoms. The van der Waals surface area contributed by atoms with Crippen molar-refractivity contribution in [3.8, 4) is 6.07 Å². The van der Waals surface area contributed by atoms with Crippen LogP contribution in [0.3, 0.4) is 0 Å². The van der Waals surface area contributed by atoms with Gasteiger partial charge in [0.15, 0.2) is 4.34 Å². The molecule has 2 aromatic carbocycles. The van der Waals surface area contributed by atoms with E-state index in [1.165, 1.54) is 27.4 Å². The highest BCUT2D eigenvalue weighted by Gasteiger charge is 2.38. The topological polar surface area (TPSA) is 116 Å². The van der Waals surface area contributed by atoms with E-state index in [0.717, 1.165) is 16.7 Å². The molecule has 1 atom stereocenters. The van der Waals surface area contributed by atoms with E-state index in [1.807, 2.05) is 36.4 Å². The Hall–Kier alpha value is -2.78. The molecule has 4 rings (SSSR count). The van der Waals surface area contributed by atoms with Crippen LogP contribution in [0.1, 0.15) is 29.2 Å². The van der Waals surface area contributed by atoms with Crippen molar-refractivity contribution in [3.63, 3.8) is 0 Å². The summed E-state index contributed by atoms with van der Waals surface area (Å²) in [5, 5.41) is 20.1. The van der Waals surface area contributed by atoms with Crippen molar-refractivity contribution in [1.82, 2.24) is 14.5 Å². The summed E-state index contributed by atoms with van der Waals surface area (Å²) >= 11 is 2.71. The number of fused-ring (bicyclic) bond motifs is 1. The van der Waals surface area contributed by atoms with Gasteiger partial charge in [0.25, 0.3) is 0 Å². The SMILES string of the molecule is CCS(=O)(=O)N1Cc2ccccc2C[C@@H]1C(=O)Nc1nnc(SCc2ccc(C#N)cc2)s1. The summed E-state index contributed by atoms with van der Waals surface area (Å²) in [4.78, 5) is 13.1. The predicted octanol–water partition coefficient (Wildman–Crippen LogP) is 3.42. The molecule has 0 unspecified atom stereocenters. The third-order valence-corrected chi connectivity index (χ3v) is 9.18. The number of thioether (sulfide) groups is 1. The van der Waals surface area contributed by atoms with Crippen molar-refractivity contribution in [2.75, 3.05) is 11.1 Å². The van der Waals surface area contributed by atoms with E-state index in [-0.39, 0.29) is 12.3 Å². The first-order valence-electron chi connectivity index (χ1n) is 10.2. The quantitative estimate of drug-likeness (QED) is 0.391. The Kier molecular flexibility index (Phi) is 7.09. The van der Waals surface area contributed by atoms with Gasteiger partial charge in [-0.2, -0.15) is 9.57 Å². The molecule has 0 radical (unpaired) electrons. The molecule has 2 heterocycles. The standard InChI is InChI=1S/C22H21N5O3S3/c1-2-33(29,30)27-13-18-6-4-3-5-17(18)11-19(27)20(28)24-21-25-26-22(32-21)31-14-16-9-7-15(12-23)8-10-16/h3-10,19H,2,11,13-14H2,1H3,(H,24,25,28)/t19-/m1/s1. The summed E-state index contributed by atoms with van der Waals surface area (Å²) in [5.41, 5.74) is 3.53. The van der Waals surface area contributed by atoms with E-state index in [0.29, 0.717) is 27.2 Å². The second kappa shape index (κ2) is 10.0. The van der Waals surface area contributed by atoms with Crippen molar-refractivity contribution >= 4 is 44.2 Å². The van der Waals surface area contributed by atoms with Crippen LogP contribution >= 0.6 is 23.1 Å². The summed E-state index contributed by atoms with van der Waals surface area (Å²) in [6, 6.07) is 16.1. The van der Waals surface area contributed by atoms with Gasteiger partial charge < -0.3 is 0 Å². The number of nitrogens with zero attached hydrogens (tertiary/aromatic N) is 4. The van der Waals surface area contributed by atoms with Gasteiger partial charge in [-0.3, -0.25) is 10.1 Å². The molecule has 11 heteroatoms. The van der Waals surface area contributed by atoms with Crippen LogP contribution in [0.4, 0.5) is 5.13 Å². The van der Waals surface area contributed by atoms with Crippen LogP contribution in [0.25, 0.3) is 0 Å². The molecule has 0 bridgehead atoms. The average Bonchev–Trinajstić information content (AvgIpc) is 3.29. The summed E-state index contributed by atoms with van der Waals surface area (Å²) in [6.07, 6.45) is 0.306. The number of hydrogen-bond acceptors (Lipinski definition) is 8. The maximum atomic E-state index is 13.1. The Morgan fingerprint density at radius 1 is 1.21 bits per heavy atom. The second-order valence-corrected chi connectivity index (χ2v) is 11.8. The van der Waals surface area contributed by atoms with Gasteiger partial charge in [-0.15, -0.1) is 10.2 Å². The zero-order valence-corrected chi connectivity index (χ0v) is 20.2. The Bertz CT molecular complexity index is 1300. The summed E-state index contributed by atoms with van der Waals surface area (Å²) in [6.45, 7) is 1.75. The van der Waals surface area contributed by atoms with Gasteiger partial charge in [0.1, 0.15) is 6.04 Å². The molecule has 1 N–H and O–H groups in total. The van der Waals surface area contributed by atoms with Crippen LogP contribution in [0.5, 0.6) is 0 Å². The molecule has 1 aromatic heterocycles. The van der Waals surface area contributed by atoms with E-state index in [2.05, 4.69) is 21.6 Å². The van der Waals surface area contributed by atoms with Gasteiger partial charge in [0.2, 0.25) is 21.1 Å². The monoisotopic (exact) mass is 499 g/mol. The van der Waals surface area contributed by atoms with E-state index >= 15 is 0 Å². The molecular weight excluding hydrogens is 478 g/mol. The first kappa shape index (κ1) is 23.4. The van der Waals surface area contributed by atoms with Crippen molar-refractivity contribution in [2.24, 2.45) is 0 Å². The zero-order chi connectivity index (χ0) is 23.4. The molecule has 0 saturated carbocycles. The number of carbonyl (C=O) groups excluding carboxylic acids is 1. The number of aromatic nitrogens is 2. The lowest BCUT2D eigenvalue weighted by Gasteiger charge is -2.34. The van der Waals surface area contributed by atoms with Crippen LogP contribution in [0.15, 0.2) is 52.9 Å². The highest BCUT2D eigenvalue weighted by Crippen LogP contribution is 2.30. The van der Waals surface area contributed by atoms with Gasteiger partial charge in [-0.05, 0) is 42.2 Å². The highest BCUT2D eigenvalue weighted by molar-refractivity contribution is 8.00. The fourth-order valence-electron chi connectivity index (χ4n) is 3.51. The van der Waals surface area contributed by atoms with Crippen LogP contribution in [0, 0.1) is 11.3 Å². The Morgan fingerprint density at radius 2 is 1.94 bits per heavy atom. The maximum absolute atomic E-state index is 13.1. The number of amides is 1. The summed E-state index contributed by atoms with van der Waals surface area (Å²) < 4.78 is 27.4.